The Morgan fingerprint density at radius 2 is 1.65 bits per heavy atom. The van der Waals surface area contributed by atoms with Crippen LogP contribution in [0.1, 0.15) is 28.4 Å². The van der Waals surface area contributed by atoms with E-state index in [1.165, 1.54) is 12.1 Å². The van der Waals surface area contributed by atoms with E-state index in [2.05, 4.69) is 0 Å². The maximum Gasteiger partial charge on any atom is 0.123 e. The molecule has 2 rings (SSSR count). The Morgan fingerprint density at radius 3 is 2.29 bits per heavy atom. The molecule has 0 radical (unpaired) electrons. The Bertz CT molecular complexity index is 517. The molecule has 0 saturated carbocycles. The van der Waals surface area contributed by atoms with Gasteiger partial charge in [0.1, 0.15) is 11.9 Å². The van der Waals surface area contributed by atoms with Gasteiger partial charge in [0.15, 0.2) is 0 Å². The van der Waals surface area contributed by atoms with Gasteiger partial charge in [0.2, 0.25) is 0 Å². The molecule has 0 unspecified atom stereocenters. The van der Waals surface area contributed by atoms with Crippen molar-refractivity contribution in [2.75, 3.05) is 0 Å². The van der Waals surface area contributed by atoms with Gasteiger partial charge in [0, 0.05) is 0 Å². The molecule has 88 valence electrons. The Morgan fingerprint density at radius 1 is 1.00 bits per heavy atom. The fourth-order valence-electron chi connectivity index (χ4n) is 1.88. The minimum atomic E-state index is -0.699. The lowest BCUT2D eigenvalue weighted by Gasteiger charge is -2.15. The summed E-state index contributed by atoms with van der Waals surface area (Å²) in [6, 6.07) is 11.9. The number of hydrogen-bond donors (Lipinski definition) is 1. The zero-order valence-corrected chi connectivity index (χ0v) is 9.94. The summed E-state index contributed by atoms with van der Waals surface area (Å²) in [7, 11) is 0. The van der Waals surface area contributed by atoms with Crippen molar-refractivity contribution in [1.82, 2.24) is 0 Å². The van der Waals surface area contributed by atoms with Gasteiger partial charge in [0.05, 0.1) is 0 Å². The zero-order chi connectivity index (χ0) is 12.4. The maximum atomic E-state index is 12.8. The first-order valence-corrected chi connectivity index (χ1v) is 5.58. The van der Waals surface area contributed by atoms with Gasteiger partial charge in [0.25, 0.3) is 0 Å². The van der Waals surface area contributed by atoms with Gasteiger partial charge in [-0.1, -0.05) is 35.9 Å². The van der Waals surface area contributed by atoms with Crippen LogP contribution in [0.3, 0.4) is 0 Å². The Hall–Kier alpha value is -1.67. The van der Waals surface area contributed by atoms with Crippen LogP contribution in [0.25, 0.3) is 0 Å². The first kappa shape index (κ1) is 11.8. The second kappa shape index (κ2) is 4.68. The molecule has 0 fully saturated rings. The number of benzene rings is 2. The van der Waals surface area contributed by atoms with E-state index in [9.17, 15) is 9.50 Å². The predicted octanol–water partition coefficient (Wildman–Crippen LogP) is 3.52. The van der Waals surface area contributed by atoms with Gasteiger partial charge in [-0.3, -0.25) is 0 Å². The van der Waals surface area contributed by atoms with Crippen molar-refractivity contribution >= 4 is 0 Å². The molecule has 2 aromatic carbocycles. The molecule has 1 nitrogen and oxygen atoms in total. The summed E-state index contributed by atoms with van der Waals surface area (Å²) in [5.41, 5.74) is 3.72. The van der Waals surface area contributed by atoms with Crippen molar-refractivity contribution < 1.29 is 9.50 Å². The molecule has 0 amide bonds. The van der Waals surface area contributed by atoms with E-state index in [1.807, 2.05) is 32.0 Å². The number of hydrogen-bond acceptors (Lipinski definition) is 1. The monoisotopic (exact) mass is 230 g/mol. The van der Waals surface area contributed by atoms with E-state index < -0.39 is 6.10 Å². The van der Waals surface area contributed by atoms with Crippen LogP contribution in [0.5, 0.6) is 0 Å². The third-order valence-corrected chi connectivity index (χ3v) is 2.92. The summed E-state index contributed by atoms with van der Waals surface area (Å²) < 4.78 is 12.8. The zero-order valence-electron chi connectivity index (χ0n) is 9.94. The van der Waals surface area contributed by atoms with Crippen molar-refractivity contribution in [2.24, 2.45) is 0 Å². The SMILES string of the molecule is Cc1ccc(C)c([C@H](O)c2ccc(F)cc2)c1. The Labute approximate surface area is 101 Å². The van der Waals surface area contributed by atoms with E-state index in [0.717, 1.165) is 16.7 Å². The largest absolute Gasteiger partial charge is 0.384 e. The van der Waals surface area contributed by atoms with Gasteiger partial charge in [-0.05, 0) is 42.7 Å². The number of halogens is 1. The number of rotatable bonds is 2. The van der Waals surface area contributed by atoms with Crippen LogP contribution in [0, 0.1) is 19.7 Å². The highest BCUT2D eigenvalue weighted by molar-refractivity contribution is 5.37. The van der Waals surface area contributed by atoms with Crippen LogP contribution in [0.2, 0.25) is 0 Å². The summed E-state index contributed by atoms with van der Waals surface area (Å²) >= 11 is 0. The molecular formula is C15H15FO. The van der Waals surface area contributed by atoms with Crippen LogP contribution in [0.15, 0.2) is 42.5 Å². The minimum absolute atomic E-state index is 0.290. The summed E-state index contributed by atoms with van der Waals surface area (Å²) in [6.07, 6.45) is -0.699. The van der Waals surface area contributed by atoms with Crippen molar-refractivity contribution in [3.63, 3.8) is 0 Å². The van der Waals surface area contributed by atoms with E-state index in [-0.39, 0.29) is 5.82 Å². The molecule has 0 aromatic heterocycles. The van der Waals surface area contributed by atoms with Crippen molar-refractivity contribution in [1.29, 1.82) is 0 Å². The smallest absolute Gasteiger partial charge is 0.123 e. The van der Waals surface area contributed by atoms with Gasteiger partial charge in [-0.25, -0.2) is 4.39 Å². The standard InChI is InChI=1S/C15H15FO/c1-10-3-4-11(2)14(9-10)15(17)12-5-7-13(16)8-6-12/h3-9,15,17H,1-2H3/t15-/m1/s1. The molecule has 0 aliphatic rings. The van der Waals surface area contributed by atoms with Crippen LogP contribution in [-0.4, -0.2) is 5.11 Å². The molecule has 0 bridgehead atoms. The van der Waals surface area contributed by atoms with Crippen LogP contribution < -0.4 is 0 Å². The van der Waals surface area contributed by atoms with Crippen molar-refractivity contribution in [3.05, 3.63) is 70.5 Å². The summed E-state index contributed by atoms with van der Waals surface area (Å²) in [5.74, 6) is -0.290. The molecule has 0 aliphatic heterocycles. The average molecular weight is 230 g/mol. The van der Waals surface area contributed by atoms with Crippen LogP contribution in [0.4, 0.5) is 4.39 Å². The second-order valence-corrected chi connectivity index (χ2v) is 4.31. The Kier molecular flexibility index (Phi) is 3.25. The highest BCUT2D eigenvalue weighted by atomic mass is 19.1. The predicted molar refractivity (Wildman–Crippen MR) is 66.4 cm³/mol. The quantitative estimate of drug-likeness (QED) is 0.836. The molecule has 1 atom stereocenters. The third-order valence-electron chi connectivity index (χ3n) is 2.92. The van der Waals surface area contributed by atoms with Gasteiger partial charge in [-0.2, -0.15) is 0 Å². The topological polar surface area (TPSA) is 20.2 Å². The number of aryl methyl sites for hydroxylation is 2. The maximum absolute atomic E-state index is 12.8. The minimum Gasteiger partial charge on any atom is -0.384 e. The highest BCUT2D eigenvalue weighted by Gasteiger charge is 2.12. The number of aliphatic hydroxyl groups is 1. The summed E-state index contributed by atoms with van der Waals surface area (Å²) in [6.45, 7) is 3.95. The van der Waals surface area contributed by atoms with Crippen molar-refractivity contribution in [2.45, 2.75) is 20.0 Å². The average Bonchev–Trinajstić information content (AvgIpc) is 2.32. The fourth-order valence-corrected chi connectivity index (χ4v) is 1.88. The summed E-state index contributed by atoms with van der Waals surface area (Å²) in [4.78, 5) is 0. The van der Waals surface area contributed by atoms with Gasteiger partial charge >= 0.3 is 0 Å². The molecule has 1 N–H and O–H groups in total. The lowest BCUT2D eigenvalue weighted by molar-refractivity contribution is 0.219. The molecule has 0 saturated heterocycles. The third kappa shape index (κ3) is 2.53. The molecule has 0 spiro atoms. The Balaban J connectivity index is 2.39. The van der Waals surface area contributed by atoms with Gasteiger partial charge < -0.3 is 5.11 Å². The second-order valence-electron chi connectivity index (χ2n) is 4.31. The van der Waals surface area contributed by atoms with E-state index >= 15 is 0 Å². The molecule has 0 heterocycles. The first-order chi connectivity index (χ1) is 8.08. The van der Waals surface area contributed by atoms with E-state index in [1.54, 1.807) is 12.1 Å². The molecular weight excluding hydrogens is 215 g/mol. The van der Waals surface area contributed by atoms with Crippen LogP contribution >= 0.6 is 0 Å². The normalized spacial score (nSPS) is 12.5. The number of aliphatic hydroxyl groups excluding tert-OH is 1. The van der Waals surface area contributed by atoms with E-state index in [0.29, 0.717) is 5.56 Å². The lowest BCUT2D eigenvalue weighted by atomic mass is 9.96. The van der Waals surface area contributed by atoms with Crippen LogP contribution in [-0.2, 0) is 0 Å². The molecule has 2 aromatic rings. The molecule has 2 heteroatoms. The fraction of sp³-hybridized carbons (Fsp3) is 0.200. The van der Waals surface area contributed by atoms with Crippen molar-refractivity contribution in [3.8, 4) is 0 Å². The highest BCUT2D eigenvalue weighted by Crippen LogP contribution is 2.25. The lowest BCUT2D eigenvalue weighted by Crippen LogP contribution is -2.02. The molecule has 0 aliphatic carbocycles. The summed E-state index contributed by atoms with van der Waals surface area (Å²) in [5, 5.41) is 10.3. The molecule has 17 heavy (non-hydrogen) atoms. The van der Waals surface area contributed by atoms with Gasteiger partial charge in [-0.15, -0.1) is 0 Å². The first-order valence-electron chi connectivity index (χ1n) is 5.58. The van der Waals surface area contributed by atoms with E-state index in [4.69, 9.17) is 0 Å².